The SMILES string of the molecule is CC(C)(C)[S+]([O-])/N=C/c1ccc2cccnc2c1[N+](=O)[O-]. The van der Waals surface area contributed by atoms with Gasteiger partial charge in [-0.25, -0.2) is 4.98 Å². The van der Waals surface area contributed by atoms with Gasteiger partial charge in [-0.1, -0.05) is 16.5 Å². The van der Waals surface area contributed by atoms with Crippen molar-refractivity contribution in [1.82, 2.24) is 4.98 Å². The molecular formula is C14H15N3O3S. The minimum absolute atomic E-state index is 0.122. The highest BCUT2D eigenvalue weighted by molar-refractivity contribution is 7.91. The first-order valence-corrected chi connectivity index (χ1v) is 7.39. The van der Waals surface area contributed by atoms with Gasteiger partial charge in [-0.05, 0) is 32.9 Å². The van der Waals surface area contributed by atoms with Crippen molar-refractivity contribution in [3.05, 3.63) is 46.1 Å². The third-order valence-electron chi connectivity index (χ3n) is 2.77. The monoisotopic (exact) mass is 305 g/mol. The number of nitrogens with zero attached hydrogens (tertiary/aromatic N) is 3. The molecule has 1 heterocycles. The summed E-state index contributed by atoms with van der Waals surface area (Å²) in [6, 6.07) is 6.79. The van der Waals surface area contributed by atoms with Gasteiger partial charge < -0.3 is 4.55 Å². The van der Waals surface area contributed by atoms with Gasteiger partial charge in [0.05, 0.1) is 16.7 Å². The lowest BCUT2D eigenvalue weighted by molar-refractivity contribution is -0.383. The summed E-state index contributed by atoms with van der Waals surface area (Å²) < 4.78 is 15.3. The zero-order chi connectivity index (χ0) is 15.6. The summed E-state index contributed by atoms with van der Waals surface area (Å²) in [5, 5.41) is 12.0. The van der Waals surface area contributed by atoms with Crippen LogP contribution in [0.3, 0.4) is 0 Å². The molecule has 0 saturated carbocycles. The van der Waals surface area contributed by atoms with Gasteiger partial charge in [0.2, 0.25) is 0 Å². The molecule has 0 spiro atoms. The Balaban J connectivity index is 2.52. The van der Waals surface area contributed by atoms with Gasteiger partial charge in [-0.15, -0.1) is 0 Å². The minimum Gasteiger partial charge on any atom is -0.591 e. The lowest BCUT2D eigenvalue weighted by Gasteiger charge is -2.17. The fourth-order valence-corrected chi connectivity index (χ4v) is 2.23. The highest BCUT2D eigenvalue weighted by atomic mass is 32.2. The molecule has 0 aliphatic rings. The van der Waals surface area contributed by atoms with Gasteiger partial charge in [-0.3, -0.25) is 10.1 Å². The molecule has 0 aliphatic carbocycles. The van der Waals surface area contributed by atoms with Crippen LogP contribution in [0, 0.1) is 10.1 Å². The van der Waals surface area contributed by atoms with Crippen molar-refractivity contribution in [2.75, 3.05) is 0 Å². The maximum atomic E-state index is 11.9. The lowest BCUT2D eigenvalue weighted by atomic mass is 10.1. The molecule has 1 aromatic carbocycles. The van der Waals surface area contributed by atoms with Crippen LogP contribution in [0.25, 0.3) is 10.9 Å². The zero-order valence-corrected chi connectivity index (χ0v) is 12.8. The smallest absolute Gasteiger partial charge is 0.304 e. The molecule has 0 bridgehead atoms. The summed E-state index contributed by atoms with van der Waals surface area (Å²) in [5.74, 6) is 0. The van der Waals surface area contributed by atoms with E-state index >= 15 is 0 Å². The second-order valence-corrected chi connectivity index (χ2v) is 7.37. The molecule has 0 aliphatic heterocycles. The molecule has 110 valence electrons. The summed E-state index contributed by atoms with van der Waals surface area (Å²) in [7, 11) is 0. The summed E-state index contributed by atoms with van der Waals surface area (Å²) in [6.45, 7) is 5.37. The molecule has 0 radical (unpaired) electrons. The standard InChI is InChI=1S/C14H15N3O3S/c1-14(2,3)21(20)16-9-11-7-6-10-5-4-8-15-12(10)13(11)17(18)19/h4-9H,1-3H3/b16-9+. The van der Waals surface area contributed by atoms with E-state index < -0.39 is 21.0 Å². The van der Waals surface area contributed by atoms with Crippen LogP contribution in [0.2, 0.25) is 0 Å². The van der Waals surface area contributed by atoms with Gasteiger partial charge in [0.15, 0.2) is 0 Å². The van der Waals surface area contributed by atoms with E-state index in [2.05, 4.69) is 9.38 Å². The molecule has 1 atom stereocenters. The van der Waals surface area contributed by atoms with E-state index in [1.807, 2.05) is 0 Å². The molecule has 0 N–H and O–H groups in total. The molecule has 0 fully saturated rings. The van der Waals surface area contributed by atoms with Gasteiger partial charge >= 0.3 is 5.69 Å². The van der Waals surface area contributed by atoms with Crippen molar-refractivity contribution < 1.29 is 9.48 Å². The highest BCUT2D eigenvalue weighted by Gasteiger charge is 2.26. The second-order valence-electron chi connectivity index (χ2n) is 5.43. The van der Waals surface area contributed by atoms with Crippen molar-refractivity contribution in [3.63, 3.8) is 0 Å². The van der Waals surface area contributed by atoms with Crippen LogP contribution in [-0.4, -0.2) is 25.4 Å². The number of hydrogen-bond acceptors (Lipinski definition) is 5. The van der Waals surface area contributed by atoms with Crippen molar-refractivity contribution in [2.24, 2.45) is 4.40 Å². The quantitative estimate of drug-likeness (QED) is 0.377. The number of aromatic nitrogens is 1. The maximum Gasteiger partial charge on any atom is 0.304 e. The summed E-state index contributed by atoms with van der Waals surface area (Å²) in [5.41, 5.74) is 0.472. The first-order valence-electron chi connectivity index (χ1n) is 6.29. The molecular weight excluding hydrogens is 290 g/mol. The van der Waals surface area contributed by atoms with E-state index in [-0.39, 0.29) is 5.69 Å². The van der Waals surface area contributed by atoms with Crippen molar-refractivity contribution in [2.45, 2.75) is 25.5 Å². The Morgan fingerprint density at radius 2 is 2.05 bits per heavy atom. The number of rotatable bonds is 3. The highest BCUT2D eigenvalue weighted by Crippen LogP contribution is 2.27. The molecule has 0 saturated heterocycles. The predicted octanol–water partition coefficient (Wildman–Crippen LogP) is 3.02. The number of benzene rings is 1. The first kappa shape index (κ1) is 15.4. The molecule has 21 heavy (non-hydrogen) atoms. The Morgan fingerprint density at radius 3 is 2.67 bits per heavy atom. The first-order chi connectivity index (χ1) is 9.80. The average Bonchev–Trinajstić information content (AvgIpc) is 2.42. The van der Waals surface area contributed by atoms with Crippen molar-refractivity contribution in [3.8, 4) is 0 Å². The predicted molar refractivity (Wildman–Crippen MR) is 83.9 cm³/mol. The molecule has 1 aromatic heterocycles. The van der Waals surface area contributed by atoms with Crippen LogP contribution in [0.5, 0.6) is 0 Å². The van der Waals surface area contributed by atoms with Crippen LogP contribution in [0.15, 0.2) is 34.9 Å². The van der Waals surface area contributed by atoms with Crippen molar-refractivity contribution >= 4 is 34.2 Å². The number of nitro groups is 1. The van der Waals surface area contributed by atoms with E-state index in [9.17, 15) is 14.7 Å². The maximum absolute atomic E-state index is 11.9. The minimum atomic E-state index is -1.47. The topological polar surface area (TPSA) is 91.5 Å². The molecule has 7 heteroatoms. The fraction of sp³-hybridized carbons (Fsp3) is 0.286. The third-order valence-corrected chi connectivity index (χ3v) is 4.12. The van der Waals surface area contributed by atoms with Crippen LogP contribution < -0.4 is 0 Å². The van der Waals surface area contributed by atoms with Gasteiger partial charge in [-0.2, -0.15) is 0 Å². The Labute approximate surface area is 125 Å². The third kappa shape index (κ3) is 3.37. The lowest BCUT2D eigenvalue weighted by Crippen LogP contribution is -2.25. The Morgan fingerprint density at radius 1 is 1.33 bits per heavy atom. The van der Waals surface area contributed by atoms with Crippen LogP contribution in [-0.2, 0) is 11.4 Å². The van der Waals surface area contributed by atoms with Gasteiger partial charge in [0.1, 0.15) is 21.6 Å². The molecule has 0 amide bonds. The summed E-state index contributed by atoms with van der Waals surface area (Å²) in [4.78, 5) is 14.9. The fourth-order valence-electron chi connectivity index (χ4n) is 1.70. The number of fused-ring (bicyclic) bond motifs is 1. The summed E-state index contributed by atoms with van der Waals surface area (Å²) in [6.07, 6.45) is 2.79. The normalized spacial score (nSPS) is 13.7. The van der Waals surface area contributed by atoms with Gasteiger partial charge in [0.25, 0.3) is 0 Å². The Hall–Kier alpha value is -1.99. The second kappa shape index (κ2) is 5.79. The average molecular weight is 305 g/mol. The van der Waals surface area contributed by atoms with E-state index in [1.54, 1.807) is 45.0 Å². The molecule has 1 unspecified atom stereocenters. The van der Waals surface area contributed by atoms with E-state index in [0.717, 1.165) is 0 Å². The Bertz CT molecular complexity index is 710. The molecule has 2 aromatic rings. The van der Waals surface area contributed by atoms with Crippen LogP contribution in [0.1, 0.15) is 26.3 Å². The largest absolute Gasteiger partial charge is 0.591 e. The Kier molecular flexibility index (Phi) is 4.24. The van der Waals surface area contributed by atoms with Crippen LogP contribution >= 0.6 is 0 Å². The molecule has 6 nitrogen and oxygen atoms in total. The van der Waals surface area contributed by atoms with Crippen LogP contribution in [0.4, 0.5) is 5.69 Å². The van der Waals surface area contributed by atoms with Crippen molar-refractivity contribution in [1.29, 1.82) is 0 Å². The van der Waals surface area contributed by atoms with Gasteiger partial charge in [0, 0.05) is 11.6 Å². The van der Waals surface area contributed by atoms with E-state index in [0.29, 0.717) is 16.5 Å². The zero-order valence-electron chi connectivity index (χ0n) is 11.9. The van der Waals surface area contributed by atoms with E-state index in [4.69, 9.17) is 0 Å². The number of pyridine rings is 1. The molecule has 2 rings (SSSR count). The summed E-state index contributed by atoms with van der Waals surface area (Å²) >= 11 is -1.47. The number of hydrogen-bond donors (Lipinski definition) is 0. The van der Waals surface area contributed by atoms with E-state index in [1.165, 1.54) is 12.4 Å². The number of nitro benzene ring substituents is 1.